The summed E-state index contributed by atoms with van der Waals surface area (Å²) in [6, 6.07) is 13.2. The van der Waals surface area contributed by atoms with Gasteiger partial charge in [0.15, 0.2) is 17.2 Å². The molecule has 2 aliphatic rings. The molecule has 2 aromatic carbocycles. The number of methoxy groups -OCH3 is 2. The van der Waals surface area contributed by atoms with Gasteiger partial charge in [0.05, 0.1) is 25.9 Å². The molecule has 1 atom stereocenters. The van der Waals surface area contributed by atoms with E-state index in [-0.39, 0.29) is 18.8 Å². The number of hydrogen-bond acceptors (Lipinski definition) is 5. The van der Waals surface area contributed by atoms with E-state index in [2.05, 4.69) is 11.0 Å². The fraction of sp³-hybridized carbons (Fsp3) is 0.440. The molecule has 0 N–H and O–H groups in total. The molecule has 1 unspecified atom stereocenters. The average molecular weight is 423 g/mol. The van der Waals surface area contributed by atoms with Crippen molar-refractivity contribution in [2.75, 3.05) is 27.3 Å². The smallest absolute Gasteiger partial charge is 0.200 e. The van der Waals surface area contributed by atoms with E-state index in [4.69, 9.17) is 14.7 Å². The first-order valence-corrected chi connectivity index (χ1v) is 10.7. The summed E-state index contributed by atoms with van der Waals surface area (Å²) in [5.41, 5.74) is 1.03. The van der Waals surface area contributed by atoms with Gasteiger partial charge in [-0.2, -0.15) is 5.26 Å². The van der Waals surface area contributed by atoms with Gasteiger partial charge in [-0.05, 0) is 73.7 Å². The van der Waals surface area contributed by atoms with Gasteiger partial charge in [-0.3, -0.25) is 9.69 Å². The van der Waals surface area contributed by atoms with Crippen molar-refractivity contribution in [3.63, 3.8) is 0 Å². The van der Waals surface area contributed by atoms with E-state index in [1.165, 1.54) is 14.2 Å². The minimum Gasteiger partial charge on any atom is -0.493 e. The Morgan fingerprint density at radius 2 is 1.87 bits per heavy atom. The number of ether oxygens (including phenoxy) is 2. The molecule has 0 amide bonds. The second-order valence-electron chi connectivity index (χ2n) is 8.57. The zero-order valence-corrected chi connectivity index (χ0v) is 18.0. The lowest BCUT2D eigenvalue weighted by Crippen LogP contribution is -2.38. The number of benzene rings is 2. The van der Waals surface area contributed by atoms with Crippen molar-refractivity contribution in [3.8, 4) is 17.6 Å². The summed E-state index contributed by atoms with van der Waals surface area (Å²) < 4.78 is 26.4. The number of piperidine rings is 1. The summed E-state index contributed by atoms with van der Waals surface area (Å²) in [6.07, 6.45) is 2.07. The van der Waals surface area contributed by atoms with Crippen LogP contribution in [0.3, 0.4) is 0 Å². The van der Waals surface area contributed by atoms with Crippen LogP contribution in [0, 0.1) is 17.2 Å². The topological polar surface area (TPSA) is 62.6 Å². The largest absolute Gasteiger partial charge is 0.493 e. The van der Waals surface area contributed by atoms with E-state index in [1.807, 2.05) is 18.2 Å². The number of fused-ring (bicyclic) bond motifs is 1. The third-order valence-electron chi connectivity index (χ3n) is 6.51. The van der Waals surface area contributed by atoms with Gasteiger partial charge >= 0.3 is 0 Å². The maximum Gasteiger partial charge on any atom is 0.200 e. The highest BCUT2D eigenvalue weighted by atomic mass is 19.1. The number of ketones is 1. The molecule has 1 saturated heterocycles. The summed E-state index contributed by atoms with van der Waals surface area (Å²) in [7, 11) is 3.05. The van der Waals surface area contributed by atoms with Gasteiger partial charge in [0, 0.05) is 18.5 Å². The van der Waals surface area contributed by atoms with Crippen LogP contribution in [0.2, 0.25) is 0 Å². The van der Waals surface area contributed by atoms with Crippen LogP contribution in [0.15, 0.2) is 36.4 Å². The van der Waals surface area contributed by atoms with Gasteiger partial charge in [0.2, 0.25) is 5.78 Å². The second-order valence-corrected chi connectivity index (χ2v) is 8.57. The molecule has 6 heteroatoms. The number of nitriles is 1. The molecule has 1 fully saturated rings. The fourth-order valence-electron chi connectivity index (χ4n) is 4.87. The molecule has 31 heavy (non-hydrogen) atoms. The van der Waals surface area contributed by atoms with Crippen molar-refractivity contribution in [2.24, 2.45) is 5.92 Å². The molecular weight excluding hydrogens is 395 g/mol. The van der Waals surface area contributed by atoms with Crippen LogP contribution >= 0.6 is 0 Å². The summed E-state index contributed by atoms with van der Waals surface area (Å²) in [5.74, 6) is 0.715. The van der Waals surface area contributed by atoms with Gasteiger partial charge in [-0.25, -0.2) is 4.39 Å². The second kappa shape index (κ2) is 8.68. The molecule has 1 aliphatic carbocycles. The monoisotopic (exact) mass is 422 g/mol. The minimum atomic E-state index is -1.85. The lowest BCUT2D eigenvalue weighted by Gasteiger charge is -2.34. The number of hydrogen-bond donors (Lipinski definition) is 0. The van der Waals surface area contributed by atoms with Crippen LogP contribution in [-0.4, -0.2) is 43.7 Å². The Balaban J connectivity index is 1.38. The van der Waals surface area contributed by atoms with Crippen molar-refractivity contribution < 1.29 is 18.7 Å². The standard InChI is InChI=1S/C25H27FN2O3/c1-30-22-11-20-14-25(26,24(29)21(20)12-23(22)31-2)13-17-6-8-28(9-7-17)16-19-5-3-4-18(10-19)15-27/h3-5,10-12,17H,6-9,13-14,16H2,1-2H3. The molecule has 162 valence electrons. The van der Waals surface area contributed by atoms with Gasteiger partial charge in [0.1, 0.15) is 0 Å². The SMILES string of the molecule is COc1cc2c(cc1OC)C(=O)C(F)(CC1CCN(Cc3cccc(C#N)c3)CC1)C2. The fourth-order valence-corrected chi connectivity index (χ4v) is 4.87. The quantitative estimate of drug-likeness (QED) is 0.694. The van der Waals surface area contributed by atoms with Gasteiger partial charge < -0.3 is 9.47 Å². The highest BCUT2D eigenvalue weighted by molar-refractivity contribution is 6.07. The number of halogens is 1. The van der Waals surface area contributed by atoms with Crippen LogP contribution in [0.25, 0.3) is 0 Å². The van der Waals surface area contributed by atoms with Crippen LogP contribution in [0.4, 0.5) is 4.39 Å². The Morgan fingerprint density at radius 1 is 1.16 bits per heavy atom. The molecular formula is C25H27FN2O3. The normalized spacial score (nSPS) is 21.5. The number of likely N-dealkylation sites (tertiary alicyclic amines) is 1. The summed E-state index contributed by atoms with van der Waals surface area (Å²) in [6.45, 7) is 2.51. The zero-order valence-electron chi connectivity index (χ0n) is 18.0. The van der Waals surface area contributed by atoms with E-state index >= 15 is 4.39 Å². The van der Waals surface area contributed by atoms with Gasteiger partial charge in [-0.1, -0.05) is 12.1 Å². The van der Waals surface area contributed by atoms with E-state index < -0.39 is 11.5 Å². The van der Waals surface area contributed by atoms with Crippen molar-refractivity contribution in [3.05, 3.63) is 58.7 Å². The highest BCUT2D eigenvalue weighted by Crippen LogP contribution is 2.43. The van der Waals surface area contributed by atoms with Gasteiger partial charge in [-0.15, -0.1) is 0 Å². The molecule has 1 heterocycles. The lowest BCUT2D eigenvalue weighted by atomic mass is 9.83. The predicted molar refractivity (Wildman–Crippen MR) is 115 cm³/mol. The third kappa shape index (κ3) is 4.28. The van der Waals surface area contributed by atoms with Crippen molar-refractivity contribution >= 4 is 5.78 Å². The van der Waals surface area contributed by atoms with Crippen molar-refractivity contribution in [2.45, 2.75) is 37.9 Å². The number of carbonyl (C=O) groups excluding carboxylic acids is 1. The van der Waals surface area contributed by atoms with E-state index in [9.17, 15) is 4.79 Å². The number of Topliss-reactive ketones (excluding diaryl/α,β-unsaturated/α-hetero) is 1. The molecule has 0 aromatic heterocycles. The maximum atomic E-state index is 15.8. The van der Waals surface area contributed by atoms with Crippen LogP contribution in [0.1, 0.15) is 46.3 Å². The predicted octanol–water partition coefficient (Wildman–Crippen LogP) is 4.32. The van der Waals surface area contributed by atoms with Gasteiger partial charge in [0.25, 0.3) is 0 Å². The Hall–Kier alpha value is -2.91. The Kier molecular flexibility index (Phi) is 5.97. The Morgan fingerprint density at radius 3 is 2.55 bits per heavy atom. The molecule has 0 bridgehead atoms. The minimum absolute atomic E-state index is 0.0999. The summed E-state index contributed by atoms with van der Waals surface area (Å²) in [5, 5.41) is 9.07. The Labute approximate surface area is 182 Å². The number of carbonyl (C=O) groups is 1. The first-order valence-electron chi connectivity index (χ1n) is 10.7. The summed E-state index contributed by atoms with van der Waals surface area (Å²) >= 11 is 0. The third-order valence-corrected chi connectivity index (χ3v) is 6.51. The van der Waals surface area contributed by atoms with Crippen LogP contribution in [0.5, 0.6) is 11.5 Å². The van der Waals surface area contributed by atoms with E-state index in [0.29, 0.717) is 28.2 Å². The van der Waals surface area contributed by atoms with Crippen LogP contribution < -0.4 is 9.47 Å². The first kappa shape index (κ1) is 21.3. The summed E-state index contributed by atoms with van der Waals surface area (Å²) in [4.78, 5) is 15.2. The molecule has 2 aromatic rings. The molecule has 0 spiro atoms. The molecule has 0 radical (unpaired) electrons. The number of rotatable bonds is 6. The zero-order chi connectivity index (χ0) is 22.0. The molecule has 4 rings (SSSR count). The molecule has 0 saturated carbocycles. The van der Waals surface area contributed by atoms with E-state index in [1.54, 1.807) is 18.2 Å². The Bertz CT molecular complexity index is 1020. The van der Waals surface area contributed by atoms with Crippen molar-refractivity contribution in [1.82, 2.24) is 4.90 Å². The lowest BCUT2D eigenvalue weighted by molar-refractivity contribution is 0.0587. The van der Waals surface area contributed by atoms with E-state index in [0.717, 1.165) is 38.0 Å². The molecule has 1 aliphatic heterocycles. The maximum absolute atomic E-state index is 15.8. The first-order chi connectivity index (χ1) is 15.0. The molecule has 5 nitrogen and oxygen atoms in total. The van der Waals surface area contributed by atoms with Crippen LogP contribution in [-0.2, 0) is 13.0 Å². The van der Waals surface area contributed by atoms with Crippen molar-refractivity contribution in [1.29, 1.82) is 5.26 Å². The number of nitrogens with zero attached hydrogens (tertiary/aromatic N) is 2. The number of alkyl halides is 1. The average Bonchev–Trinajstić information content (AvgIpc) is 3.03. The highest BCUT2D eigenvalue weighted by Gasteiger charge is 2.48.